The summed E-state index contributed by atoms with van der Waals surface area (Å²) in [7, 11) is 1.60. The van der Waals surface area contributed by atoms with Crippen molar-refractivity contribution in [2.45, 2.75) is 25.9 Å². The Labute approximate surface area is 214 Å². The van der Waals surface area contributed by atoms with Gasteiger partial charge in [0, 0.05) is 23.1 Å². The summed E-state index contributed by atoms with van der Waals surface area (Å²) in [6, 6.07) is 24.0. The highest BCUT2D eigenvalue weighted by Gasteiger charge is 2.30. The molecule has 0 aromatic heterocycles. The van der Waals surface area contributed by atoms with Gasteiger partial charge in [0.1, 0.15) is 17.5 Å². The lowest BCUT2D eigenvalue weighted by Gasteiger charge is -2.31. The lowest BCUT2D eigenvalue weighted by Crippen LogP contribution is -2.51. The highest BCUT2D eigenvalue weighted by Crippen LogP contribution is 2.19. The molecule has 3 aromatic rings. The molecule has 3 aromatic carbocycles. The second-order valence-electron chi connectivity index (χ2n) is 7.72. The Hall–Kier alpha value is -3.07. The molecular formula is C27H29IN2O4. The van der Waals surface area contributed by atoms with Crippen LogP contribution in [0.15, 0.2) is 78.9 Å². The van der Waals surface area contributed by atoms with Crippen LogP contribution in [-0.2, 0) is 22.6 Å². The molecule has 3 rings (SSSR count). The van der Waals surface area contributed by atoms with Gasteiger partial charge in [-0.15, -0.1) is 0 Å². The predicted molar refractivity (Wildman–Crippen MR) is 141 cm³/mol. The summed E-state index contributed by atoms with van der Waals surface area (Å²) in [6.45, 7) is 2.42. The number of amides is 2. The Bertz CT molecular complexity index is 1070. The summed E-state index contributed by atoms with van der Waals surface area (Å²) < 4.78 is 12.2. The standard InChI is InChI=1S/C27H29IN2O4/c1-3-29-27(32)25(17-20-8-5-4-6-9-20)30(18-21-10-7-11-24(16-21)33-2)26(31)19-34-23-14-12-22(28)13-15-23/h4-16,25H,3,17-19H2,1-2H3,(H,29,32). The third-order valence-corrected chi connectivity index (χ3v) is 6.00. The Morgan fingerprint density at radius 2 is 1.65 bits per heavy atom. The van der Waals surface area contributed by atoms with Gasteiger partial charge in [0.25, 0.3) is 5.91 Å². The number of nitrogens with zero attached hydrogens (tertiary/aromatic N) is 1. The van der Waals surface area contributed by atoms with Crippen molar-refractivity contribution in [3.05, 3.63) is 93.6 Å². The van der Waals surface area contributed by atoms with E-state index in [-0.39, 0.29) is 25.0 Å². The van der Waals surface area contributed by atoms with Crippen LogP contribution in [-0.4, -0.2) is 43.0 Å². The first kappa shape index (κ1) is 25.6. The molecule has 0 aliphatic carbocycles. The lowest BCUT2D eigenvalue weighted by atomic mass is 10.0. The van der Waals surface area contributed by atoms with Crippen molar-refractivity contribution in [2.24, 2.45) is 0 Å². The van der Waals surface area contributed by atoms with E-state index in [2.05, 4.69) is 27.9 Å². The molecule has 0 bridgehead atoms. The summed E-state index contributed by atoms with van der Waals surface area (Å²) >= 11 is 2.22. The van der Waals surface area contributed by atoms with Gasteiger partial charge in [0.2, 0.25) is 5.91 Å². The molecule has 1 N–H and O–H groups in total. The third kappa shape index (κ3) is 7.48. The van der Waals surface area contributed by atoms with Crippen molar-refractivity contribution < 1.29 is 19.1 Å². The molecule has 0 heterocycles. The first-order valence-electron chi connectivity index (χ1n) is 11.1. The van der Waals surface area contributed by atoms with E-state index in [0.717, 1.165) is 14.7 Å². The molecule has 0 radical (unpaired) electrons. The lowest BCUT2D eigenvalue weighted by molar-refractivity contribution is -0.142. The molecule has 6 nitrogen and oxygen atoms in total. The first-order chi connectivity index (χ1) is 16.5. The predicted octanol–water partition coefficient (Wildman–Crippen LogP) is 4.45. The maximum atomic E-state index is 13.5. The maximum Gasteiger partial charge on any atom is 0.261 e. The third-order valence-electron chi connectivity index (χ3n) is 5.29. The highest BCUT2D eigenvalue weighted by atomic mass is 127. The Morgan fingerprint density at radius 1 is 0.941 bits per heavy atom. The average molecular weight is 572 g/mol. The highest BCUT2D eigenvalue weighted by molar-refractivity contribution is 14.1. The number of methoxy groups -OCH3 is 1. The Morgan fingerprint density at radius 3 is 2.32 bits per heavy atom. The van der Waals surface area contributed by atoms with Crippen LogP contribution in [0, 0.1) is 3.57 Å². The van der Waals surface area contributed by atoms with Gasteiger partial charge in [-0.25, -0.2) is 0 Å². The van der Waals surface area contributed by atoms with Crippen LogP contribution in [0.25, 0.3) is 0 Å². The van der Waals surface area contributed by atoms with E-state index in [4.69, 9.17) is 9.47 Å². The molecular weight excluding hydrogens is 543 g/mol. The minimum Gasteiger partial charge on any atom is -0.497 e. The van der Waals surface area contributed by atoms with Crippen LogP contribution in [0.1, 0.15) is 18.1 Å². The summed E-state index contributed by atoms with van der Waals surface area (Å²) in [4.78, 5) is 28.2. The van der Waals surface area contributed by atoms with Crippen molar-refractivity contribution in [3.8, 4) is 11.5 Å². The van der Waals surface area contributed by atoms with Gasteiger partial charge in [-0.3, -0.25) is 9.59 Å². The summed E-state index contributed by atoms with van der Waals surface area (Å²) in [5, 5.41) is 2.89. The molecule has 0 aliphatic heterocycles. The second-order valence-corrected chi connectivity index (χ2v) is 8.96. The fourth-order valence-corrected chi connectivity index (χ4v) is 3.93. The molecule has 0 saturated carbocycles. The zero-order valence-corrected chi connectivity index (χ0v) is 21.5. The molecule has 0 spiro atoms. The number of carbonyl (C=O) groups excluding carboxylic acids is 2. The molecule has 7 heteroatoms. The summed E-state index contributed by atoms with van der Waals surface area (Å²) in [5.74, 6) is 0.829. The van der Waals surface area contributed by atoms with Crippen LogP contribution >= 0.6 is 22.6 Å². The van der Waals surface area contributed by atoms with Crippen LogP contribution in [0.3, 0.4) is 0 Å². The number of benzene rings is 3. The number of carbonyl (C=O) groups is 2. The maximum absolute atomic E-state index is 13.5. The van der Waals surface area contributed by atoms with Crippen LogP contribution in [0.2, 0.25) is 0 Å². The molecule has 0 aliphatic rings. The molecule has 34 heavy (non-hydrogen) atoms. The molecule has 178 valence electrons. The Balaban J connectivity index is 1.89. The Kier molecular flexibility index (Phi) is 9.75. The number of rotatable bonds is 11. The van der Waals surface area contributed by atoms with Gasteiger partial charge in [-0.2, -0.15) is 0 Å². The minimum absolute atomic E-state index is 0.171. The number of nitrogens with one attached hydrogen (secondary N) is 1. The minimum atomic E-state index is -0.693. The van der Waals surface area contributed by atoms with Crippen molar-refractivity contribution in [1.29, 1.82) is 0 Å². The van der Waals surface area contributed by atoms with Gasteiger partial charge in [0.05, 0.1) is 7.11 Å². The monoisotopic (exact) mass is 572 g/mol. The first-order valence-corrected chi connectivity index (χ1v) is 12.2. The van der Waals surface area contributed by atoms with Crippen molar-refractivity contribution in [2.75, 3.05) is 20.3 Å². The van der Waals surface area contributed by atoms with Gasteiger partial charge in [-0.1, -0.05) is 42.5 Å². The van der Waals surface area contributed by atoms with Gasteiger partial charge in [-0.05, 0) is 77.0 Å². The summed E-state index contributed by atoms with van der Waals surface area (Å²) in [5.41, 5.74) is 1.84. The number of ether oxygens (including phenoxy) is 2. The molecule has 0 fully saturated rings. The average Bonchev–Trinajstić information content (AvgIpc) is 2.86. The number of likely N-dealkylation sites (N-methyl/N-ethyl adjacent to an activating group) is 1. The smallest absolute Gasteiger partial charge is 0.261 e. The number of hydrogen-bond donors (Lipinski definition) is 1. The largest absolute Gasteiger partial charge is 0.497 e. The molecule has 1 atom stereocenters. The van der Waals surface area contributed by atoms with Crippen LogP contribution in [0.4, 0.5) is 0 Å². The number of halogens is 1. The van der Waals surface area contributed by atoms with E-state index in [9.17, 15) is 9.59 Å². The fourth-order valence-electron chi connectivity index (χ4n) is 3.57. The SMILES string of the molecule is CCNC(=O)C(Cc1ccccc1)N(Cc1cccc(OC)c1)C(=O)COc1ccc(I)cc1. The van der Waals surface area contributed by atoms with Gasteiger partial charge in [0.15, 0.2) is 6.61 Å². The van der Waals surface area contributed by atoms with Gasteiger partial charge >= 0.3 is 0 Å². The topological polar surface area (TPSA) is 67.9 Å². The van der Waals surface area contributed by atoms with E-state index in [1.807, 2.05) is 85.8 Å². The molecule has 1 unspecified atom stereocenters. The second kappa shape index (κ2) is 13.0. The quantitative estimate of drug-likeness (QED) is 0.345. The van der Waals surface area contributed by atoms with E-state index >= 15 is 0 Å². The van der Waals surface area contributed by atoms with Crippen molar-refractivity contribution >= 4 is 34.4 Å². The molecule has 2 amide bonds. The van der Waals surface area contributed by atoms with Crippen LogP contribution in [0.5, 0.6) is 11.5 Å². The number of hydrogen-bond acceptors (Lipinski definition) is 4. The zero-order valence-electron chi connectivity index (χ0n) is 19.4. The van der Waals surface area contributed by atoms with Crippen LogP contribution < -0.4 is 14.8 Å². The summed E-state index contributed by atoms with van der Waals surface area (Å²) in [6.07, 6.45) is 0.395. The molecule has 0 saturated heterocycles. The van der Waals surface area contributed by atoms with E-state index < -0.39 is 6.04 Å². The zero-order chi connectivity index (χ0) is 24.3. The fraction of sp³-hybridized carbons (Fsp3) is 0.259. The van der Waals surface area contributed by atoms with Gasteiger partial charge < -0.3 is 19.7 Å². The van der Waals surface area contributed by atoms with E-state index in [1.54, 1.807) is 12.0 Å². The normalized spacial score (nSPS) is 11.4. The van der Waals surface area contributed by atoms with Crippen molar-refractivity contribution in [1.82, 2.24) is 10.2 Å². The van der Waals surface area contributed by atoms with Crippen molar-refractivity contribution in [3.63, 3.8) is 0 Å². The van der Waals surface area contributed by atoms with E-state index in [0.29, 0.717) is 24.5 Å². The van der Waals surface area contributed by atoms with E-state index in [1.165, 1.54) is 0 Å².